The Balaban J connectivity index is 1.39. The minimum atomic E-state index is -0.108. The van der Waals surface area contributed by atoms with E-state index in [0.717, 1.165) is 49.1 Å². The molecule has 26 heavy (non-hydrogen) atoms. The van der Waals surface area contributed by atoms with Crippen LogP contribution in [0.1, 0.15) is 46.7 Å². The van der Waals surface area contributed by atoms with Crippen LogP contribution in [0.3, 0.4) is 0 Å². The van der Waals surface area contributed by atoms with Crippen LogP contribution in [0.5, 0.6) is 0 Å². The smallest absolute Gasteiger partial charge is 0.274 e. The first kappa shape index (κ1) is 16.0. The van der Waals surface area contributed by atoms with Gasteiger partial charge in [-0.1, -0.05) is 0 Å². The summed E-state index contributed by atoms with van der Waals surface area (Å²) in [7, 11) is 0. The zero-order chi connectivity index (χ0) is 17.7. The van der Waals surface area contributed by atoms with Crippen molar-refractivity contribution in [3.05, 3.63) is 33.5 Å². The Hall–Kier alpha value is -2.22. The molecule has 0 radical (unpaired) electrons. The van der Waals surface area contributed by atoms with Crippen LogP contribution >= 0.6 is 11.3 Å². The highest BCUT2D eigenvalue weighted by molar-refractivity contribution is 7.07. The summed E-state index contributed by atoms with van der Waals surface area (Å²) in [4.78, 5) is 34.2. The van der Waals surface area contributed by atoms with Crippen LogP contribution in [0.15, 0.2) is 10.9 Å². The lowest BCUT2D eigenvalue weighted by atomic mass is 9.94. The van der Waals surface area contributed by atoms with Gasteiger partial charge in [0.05, 0.1) is 23.7 Å². The number of piperidine rings is 1. The number of H-pyrrole nitrogens is 1. The first-order chi connectivity index (χ1) is 12.7. The number of aromatic nitrogens is 3. The number of aryl methyl sites for hydroxylation is 1. The van der Waals surface area contributed by atoms with Gasteiger partial charge in [0.25, 0.3) is 5.91 Å². The normalized spacial score (nSPS) is 24.8. The number of fused-ring (bicyclic) bond motifs is 5. The van der Waals surface area contributed by atoms with E-state index < -0.39 is 0 Å². The van der Waals surface area contributed by atoms with Crippen LogP contribution in [-0.2, 0) is 24.2 Å². The van der Waals surface area contributed by atoms with E-state index in [-0.39, 0.29) is 23.8 Å². The van der Waals surface area contributed by atoms with E-state index in [1.807, 2.05) is 15.2 Å². The highest BCUT2D eigenvalue weighted by atomic mass is 32.1. The molecule has 2 unspecified atom stereocenters. The van der Waals surface area contributed by atoms with Crippen molar-refractivity contribution in [3.8, 4) is 0 Å². The first-order valence-electron chi connectivity index (χ1n) is 9.23. The molecule has 1 N–H and O–H groups in total. The number of hydrogen-bond donors (Lipinski definition) is 1. The lowest BCUT2D eigenvalue weighted by molar-refractivity contribution is -0.140. The fourth-order valence-electron chi connectivity index (χ4n) is 4.55. The SMILES string of the molecule is O=C(c1n[nH]c2c1CCC2)N1CC2CCC(C1)N(Cc1cscn1)C2=O. The van der Waals surface area contributed by atoms with Gasteiger partial charge in [-0.25, -0.2) is 4.98 Å². The Kier molecular flexibility index (Phi) is 3.81. The minimum Gasteiger partial charge on any atom is -0.334 e. The molecular formula is C18H21N5O2S. The van der Waals surface area contributed by atoms with E-state index in [2.05, 4.69) is 15.2 Å². The van der Waals surface area contributed by atoms with Crippen molar-refractivity contribution in [1.29, 1.82) is 0 Å². The maximum atomic E-state index is 13.1. The van der Waals surface area contributed by atoms with Crippen molar-refractivity contribution in [2.45, 2.75) is 44.7 Å². The van der Waals surface area contributed by atoms with Gasteiger partial charge in [-0.05, 0) is 32.1 Å². The van der Waals surface area contributed by atoms with Crippen LogP contribution in [0, 0.1) is 5.92 Å². The van der Waals surface area contributed by atoms with Crippen LogP contribution in [0.25, 0.3) is 0 Å². The van der Waals surface area contributed by atoms with Crippen LogP contribution < -0.4 is 0 Å². The molecule has 2 amide bonds. The van der Waals surface area contributed by atoms with Crippen molar-refractivity contribution in [2.24, 2.45) is 5.92 Å². The topological polar surface area (TPSA) is 82.2 Å². The lowest BCUT2D eigenvalue weighted by Crippen LogP contribution is -2.47. The van der Waals surface area contributed by atoms with Crippen molar-refractivity contribution < 1.29 is 9.59 Å². The van der Waals surface area contributed by atoms with E-state index in [9.17, 15) is 9.59 Å². The third-order valence-electron chi connectivity index (χ3n) is 5.91. The van der Waals surface area contributed by atoms with Gasteiger partial charge >= 0.3 is 0 Å². The summed E-state index contributed by atoms with van der Waals surface area (Å²) < 4.78 is 0. The largest absolute Gasteiger partial charge is 0.334 e. The summed E-state index contributed by atoms with van der Waals surface area (Å²) in [5.41, 5.74) is 5.48. The number of aromatic amines is 1. The van der Waals surface area contributed by atoms with Crippen molar-refractivity contribution in [2.75, 3.05) is 13.1 Å². The van der Waals surface area contributed by atoms with E-state index in [4.69, 9.17) is 0 Å². The average Bonchev–Trinajstić information content (AvgIpc) is 3.33. The first-order valence-corrected chi connectivity index (χ1v) is 10.2. The number of amides is 2. The zero-order valence-electron chi connectivity index (χ0n) is 14.5. The highest BCUT2D eigenvalue weighted by Gasteiger charge is 2.43. The lowest BCUT2D eigenvalue weighted by Gasteiger charge is -2.35. The molecule has 0 spiro atoms. The molecule has 7 nitrogen and oxygen atoms in total. The Bertz CT molecular complexity index is 846. The molecule has 0 aromatic carbocycles. The molecule has 6 rings (SSSR count). The van der Waals surface area contributed by atoms with E-state index in [0.29, 0.717) is 25.3 Å². The van der Waals surface area contributed by atoms with Crippen LogP contribution in [0.4, 0.5) is 0 Å². The second-order valence-electron chi connectivity index (χ2n) is 7.47. The monoisotopic (exact) mass is 371 g/mol. The van der Waals surface area contributed by atoms with Gasteiger partial charge < -0.3 is 9.80 Å². The van der Waals surface area contributed by atoms with Gasteiger partial charge in [0, 0.05) is 35.8 Å². The summed E-state index contributed by atoms with van der Waals surface area (Å²) in [5.74, 6) is 0.0322. The summed E-state index contributed by atoms with van der Waals surface area (Å²) >= 11 is 1.54. The number of carbonyl (C=O) groups is 2. The fraction of sp³-hybridized carbons (Fsp3) is 0.556. The highest BCUT2D eigenvalue weighted by Crippen LogP contribution is 2.32. The quantitative estimate of drug-likeness (QED) is 0.889. The van der Waals surface area contributed by atoms with Gasteiger partial charge in [-0.15, -0.1) is 11.3 Å². The van der Waals surface area contributed by atoms with Crippen LogP contribution in [-0.4, -0.2) is 55.9 Å². The second-order valence-corrected chi connectivity index (χ2v) is 8.19. The molecule has 4 aliphatic rings. The fourth-order valence-corrected chi connectivity index (χ4v) is 5.10. The Morgan fingerprint density at radius 1 is 1.31 bits per heavy atom. The number of nitrogens with one attached hydrogen (secondary N) is 1. The molecule has 8 heteroatoms. The maximum absolute atomic E-state index is 13.1. The molecule has 2 aromatic heterocycles. The van der Waals surface area contributed by atoms with Crippen LogP contribution in [0.2, 0.25) is 0 Å². The second kappa shape index (κ2) is 6.19. The third kappa shape index (κ3) is 2.55. The van der Waals surface area contributed by atoms with Gasteiger partial charge in [-0.3, -0.25) is 14.7 Å². The van der Waals surface area contributed by atoms with E-state index in [1.54, 1.807) is 16.8 Å². The molecule has 3 saturated heterocycles. The molecule has 5 heterocycles. The predicted molar refractivity (Wildman–Crippen MR) is 95.7 cm³/mol. The van der Waals surface area contributed by atoms with Crippen molar-refractivity contribution in [3.63, 3.8) is 0 Å². The summed E-state index contributed by atoms with van der Waals surface area (Å²) in [5, 5.41) is 9.30. The third-order valence-corrected chi connectivity index (χ3v) is 6.54. The Morgan fingerprint density at radius 3 is 3.08 bits per heavy atom. The Morgan fingerprint density at radius 2 is 2.23 bits per heavy atom. The molecular weight excluding hydrogens is 350 g/mol. The van der Waals surface area contributed by atoms with Gasteiger partial charge in [-0.2, -0.15) is 5.10 Å². The maximum Gasteiger partial charge on any atom is 0.274 e. The molecule has 2 atom stereocenters. The minimum absolute atomic E-state index is 0.0235. The number of thiazole rings is 1. The molecule has 2 bridgehead atoms. The summed E-state index contributed by atoms with van der Waals surface area (Å²) in [6.45, 7) is 1.64. The molecule has 136 valence electrons. The molecule has 3 aliphatic heterocycles. The molecule has 3 fully saturated rings. The van der Waals surface area contributed by atoms with Crippen molar-refractivity contribution >= 4 is 23.2 Å². The number of carbonyl (C=O) groups excluding carboxylic acids is 2. The van der Waals surface area contributed by atoms with Gasteiger partial charge in [0.2, 0.25) is 5.91 Å². The van der Waals surface area contributed by atoms with Crippen molar-refractivity contribution in [1.82, 2.24) is 25.0 Å². The average molecular weight is 371 g/mol. The summed E-state index contributed by atoms with van der Waals surface area (Å²) in [6, 6.07) is 0.0684. The number of rotatable bonds is 3. The zero-order valence-corrected chi connectivity index (χ0v) is 15.3. The van der Waals surface area contributed by atoms with Gasteiger partial charge in [0.1, 0.15) is 0 Å². The molecule has 0 saturated carbocycles. The standard InChI is InChI=1S/C18H21N5O2S/c24-17-11-4-5-13(23(17)7-12-9-26-10-19-12)8-22(6-11)18(25)16-14-2-1-3-15(14)20-21-16/h9-11,13H,1-8H2,(H,20,21). The Labute approximate surface area is 155 Å². The van der Waals surface area contributed by atoms with E-state index in [1.165, 1.54) is 0 Å². The molecule has 2 aromatic rings. The number of nitrogens with zero attached hydrogens (tertiary/aromatic N) is 4. The predicted octanol–water partition coefficient (Wildman–Crippen LogP) is 1.62. The van der Waals surface area contributed by atoms with Gasteiger partial charge in [0.15, 0.2) is 5.69 Å². The number of hydrogen-bond acceptors (Lipinski definition) is 5. The molecule has 1 aliphatic carbocycles. The summed E-state index contributed by atoms with van der Waals surface area (Å²) in [6.07, 6.45) is 4.78. The van der Waals surface area contributed by atoms with E-state index >= 15 is 0 Å².